The fraction of sp³-hybridized carbons (Fsp3) is 0.556. The molecule has 0 bridgehead atoms. The van der Waals surface area contributed by atoms with E-state index in [-0.39, 0.29) is 0 Å². The highest BCUT2D eigenvalue weighted by Crippen LogP contribution is 2.21. The summed E-state index contributed by atoms with van der Waals surface area (Å²) in [5.74, 6) is -0.764. The average Bonchev–Trinajstić information content (AvgIpc) is 2.48. The number of aryl methyl sites for hydroxylation is 1. The molecule has 0 radical (unpaired) electrons. The fourth-order valence-electron chi connectivity index (χ4n) is 0.962. The lowest BCUT2D eigenvalue weighted by Gasteiger charge is -2.18. The maximum atomic E-state index is 10.8. The zero-order valence-corrected chi connectivity index (χ0v) is 10.4. The Hall–Kier alpha value is -0.590. The molecule has 0 spiro atoms. The van der Waals surface area contributed by atoms with Crippen LogP contribution in [0.1, 0.15) is 20.3 Å². The van der Waals surface area contributed by atoms with E-state index in [4.69, 9.17) is 5.11 Å². The Morgan fingerprint density at radius 2 is 2.36 bits per heavy atom. The van der Waals surface area contributed by atoms with E-state index in [9.17, 15) is 4.79 Å². The Bertz CT molecular complexity index is 333. The smallest absolute Gasteiger partial charge is 0.309 e. The van der Waals surface area contributed by atoms with Gasteiger partial charge < -0.3 is 5.11 Å². The highest BCUT2D eigenvalue weighted by atomic mass is 127. The van der Waals surface area contributed by atoms with Crippen LogP contribution < -0.4 is 0 Å². The molecule has 5 heteroatoms. The van der Waals surface area contributed by atoms with Crippen LogP contribution in [0, 0.1) is 8.99 Å². The summed E-state index contributed by atoms with van der Waals surface area (Å²) in [6.07, 6.45) is 4.24. The van der Waals surface area contributed by atoms with Crippen molar-refractivity contribution in [2.45, 2.75) is 26.8 Å². The predicted octanol–water partition coefficient (Wildman–Crippen LogP) is 1.99. The van der Waals surface area contributed by atoms with Gasteiger partial charge in [-0.2, -0.15) is 5.10 Å². The van der Waals surface area contributed by atoms with Crippen molar-refractivity contribution in [2.75, 3.05) is 0 Å². The third-order valence-corrected chi connectivity index (χ3v) is 2.70. The Morgan fingerprint density at radius 1 is 1.71 bits per heavy atom. The van der Waals surface area contributed by atoms with Gasteiger partial charge in [-0.05, 0) is 42.9 Å². The molecule has 0 atom stereocenters. The molecule has 0 saturated heterocycles. The Balaban J connectivity index is 2.52. The summed E-state index contributed by atoms with van der Waals surface area (Å²) in [4.78, 5) is 10.8. The summed E-state index contributed by atoms with van der Waals surface area (Å²) in [7, 11) is 0. The van der Waals surface area contributed by atoms with Gasteiger partial charge in [-0.1, -0.05) is 0 Å². The number of carboxylic acid groups (broad SMARTS) is 1. The van der Waals surface area contributed by atoms with Crippen molar-refractivity contribution in [3.05, 3.63) is 16.0 Å². The van der Waals surface area contributed by atoms with Gasteiger partial charge in [-0.3, -0.25) is 9.48 Å². The molecule has 0 fully saturated rings. The molecule has 0 saturated carbocycles. The molecular formula is C9H13IN2O2. The molecule has 1 rings (SSSR count). The van der Waals surface area contributed by atoms with E-state index in [0.29, 0.717) is 13.0 Å². The molecule has 0 amide bonds. The van der Waals surface area contributed by atoms with E-state index in [1.54, 1.807) is 24.7 Å². The molecule has 1 aromatic heterocycles. The van der Waals surface area contributed by atoms with Crippen LogP contribution >= 0.6 is 22.6 Å². The van der Waals surface area contributed by atoms with Crippen LogP contribution in [-0.2, 0) is 11.3 Å². The summed E-state index contributed by atoms with van der Waals surface area (Å²) in [5, 5.41) is 13.0. The van der Waals surface area contributed by atoms with Crippen molar-refractivity contribution in [1.29, 1.82) is 0 Å². The lowest BCUT2D eigenvalue weighted by molar-refractivity contribution is -0.147. The second kappa shape index (κ2) is 4.29. The van der Waals surface area contributed by atoms with Gasteiger partial charge in [0, 0.05) is 12.7 Å². The van der Waals surface area contributed by atoms with Gasteiger partial charge in [0.1, 0.15) is 0 Å². The van der Waals surface area contributed by atoms with Crippen LogP contribution in [0.25, 0.3) is 0 Å². The number of carbonyl (C=O) groups is 1. The first-order valence-electron chi connectivity index (χ1n) is 4.33. The number of hydrogen-bond acceptors (Lipinski definition) is 2. The maximum Gasteiger partial charge on any atom is 0.309 e. The van der Waals surface area contributed by atoms with Crippen molar-refractivity contribution in [2.24, 2.45) is 5.41 Å². The van der Waals surface area contributed by atoms with E-state index in [1.165, 1.54) is 0 Å². The first kappa shape index (κ1) is 11.5. The van der Waals surface area contributed by atoms with Crippen LogP contribution in [0.2, 0.25) is 0 Å². The molecule has 1 heterocycles. The summed E-state index contributed by atoms with van der Waals surface area (Å²) in [5.41, 5.74) is -0.683. The molecule has 1 aromatic rings. The quantitative estimate of drug-likeness (QED) is 0.866. The molecular weight excluding hydrogens is 295 g/mol. The number of carboxylic acids is 1. The molecule has 78 valence electrons. The Labute approximate surface area is 96.4 Å². The highest BCUT2D eigenvalue weighted by molar-refractivity contribution is 14.1. The van der Waals surface area contributed by atoms with Crippen LogP contribution in [0.15, 0.2) is 12.4 Å². The largest absolute Gasteiger partial charge is 0.481 e. The van der Waals surface area contributed by atoms with E-state index in [0.717, 1.165) is 3.57 Å². The third-order valence-electron chi connectivity index (χ3n) is 2.15. The summed E-state index contributed by atoms with van der Waals surface area (Å²) in [6, 6.07) is 0. The first-order chi connectivity index (χ1) is 6.42. The molecule has 14 heavy (non-hydrogen) atoms. The normalized spacial score (nSPS) is 11.6. The standard InChI is InChI=1S/C9H13IN2O2/c1-9(2,8(13)14)3-4-12-6-7(10)5-11-12/h5-6H,3-4H2,1-2H3,(H,13,14). The number of aliphatic carboxylic acids is 1. The highest BCUT2D eigenvalue weighted by Gasteiger charge is 2.26. The molecule has 0 aromatic carbocycles. The number of rotatable bonds is 4. The van der Waals surface area contributed by atoms with Gasteiger partial charge in [0.2, 0.25) is 0 Å². The van der Waals surface area contributed by atoms with Crippen LogP contribution in [0.4, 0.5) is 0 Å². The fourth-order valence-corrected chi connectivity index (χ4v) is 1.41. The van der Waals surface area contributed by atoms with Gasteiger partial charge in [0.05, 0.1) is 15.2 Å². The monoisotopic (exact) mass is 308 g/mol. The predicted molar refractivity (Wildman–Crippen MR) is 61.0 cm³/mol. The Morgan fingerprint density at radius 3 is 2.79 bits per heavy atom. The van der Waals surface area contributed by atoms with Crippen molar-refractivity contribution < 1.29 is 9.90 Å². The minimum absolute atomic E-state index is 0.583. The van der Waals surface area contributed by atoms with Crippen molar-refractivity contribution in [1.82, 2.24) is 9.78 Å². The first-order valence-corrected chi connectivity index (χ1v) is 5.41. The van der Waals surface area contributed by atoms with E-state index in [2.05, 4.69) is 27.7 Å². The zero-order valence-electron chi connectivity index (χ0n) is 8.20. The molecule has 1 N–H and O–H groups in total. The molecule has 0 unspecified atom stereocenters. The van der Waals surface area contributed by atoms with Crippen molar-refractivity contribution in [3.63, 3.8) is 0 Å². The lowest BCUT2D eigenvalue weighted by Crippen LogP contribution is -2.25. The number of halogens is 1. The number of hydrogen-bond donors (Lipinski definition) is 1. The Kier molecular flexibility index (Phi) is 3.52. The van der Waals surface area contributed by atoms with Gasteiger partial charge >= 0.3 is 5.97 Å². The van der Waals surface area contributed by atoms with Crippen LogP contribution in [-0.4, -0.2) is 20.9 Å². The minimum Gasteiger partial charge on any atom is -0.481 e. The molecule has 0 aliphatic rings. The maximum absolute atomic E-state index is 10.8. The topological polar surface area (TPSA) is 55.1 Å². The average molecular weight is 308 g/mol. The molecule has 0 aliphatic carbocycles. The third kappa shape index (κ3) is 2.97. The van der Waals surface area contributed by atoms with E-state index < -0.39 is 11.4 Å². The summed E-state index contributed by atoms with van der Waals surface area (Å²) >= 11 is 2.17. The van der Waals surface area contributed by atoms with Crippen molar-refractivity contribution >= 4 is 28.6 Å². The zero-order chi connectivity index (χ0) is 10.8. The minimum atomic E-state index is -0.764. The van der Waals surface area contributed by atoms with Crippen LogP contribution in [0.5, 0.6) is 0 Å². The van der Waals surface area contributed by atoms with Gasteiger partial charge in [-0.25, -0.2) is 0 Å². The van der Waals surface area contributed by atoms with Crippen LogP contribution in [0.3, 0.4) is 0 Å². The second-order valence-corrected chi connectivity index (χ2v) is 5.11. The van der Waals surface area contributed by atoms with Gasteiger partial charge in [0.25, 0.3) is 0 Å². The van der Waals surface area contributed by atoms with E-state index in [1.807, 2.05) is 6.20 Å². The summed E-state index contributed by atoms with van der Waals surface area (Å²) < 4.78 is 2.84. The van der Waals surface area contributed by atoms with Gasteiger partial charge in [0.15, 0.2) is 0 Å². The lowest BCUT2D eigenvalue weighted by atomic mass is 9.90. The van der Waals surface area contributed by atoms with E-state index >= 15 is 0 Å². The molecule has 0 aliphatic heterocycles. The summed E-state index contributed by atoms with van der Waals surface area (Å²) in [6.45, 7) is 4.09. The second-order valence-electron chi connectivity index (χ2n) is 3.86. The number of nitrogens with zero attached hydrogens (tertiary/aromatic N) is 2. The molecule has 4 nitrogen and oxygen atoms in total. The number of aromatic nitrogens is 2. The SMILES string of the molecule is CC(C)(CCn1cc(I)cn1)C(=O)O. The van der Waals surface area contributed by atoms with Gasteiger partial charge in [-0.15, -0.1) is 0 Å². The van der Waals surface area contributed by atoms with Crippen molar-refractivity contribution in [3.8, 4) is 0 Å².